The monoisotopic (exact) mass is 292 g/mol. The van der Waals surface area contributed by atoms with Gasteiger partial charge in [-0.2, -0.15) is 0 Å². The molecule has 106 valence electrons. The fraction of sp³-hybridized carbons (Fsp3) is 0.429. The Hall–Kier alpha value is -1.82. The lowest BCUT2D eigenvalue weighted by Gasteiger charge is -2.12. The standard InChI is InChI=1S/C14H16N2O3S/c1-3-19-12-6-9-10(7-11(12)18-2)15-14(20)16(13(9)17)8-4-5-8/h6-8H,3-5H2,1-2H3,(H,15,20). The molecule has 0 spiro atoms. The third kappa shape index (κ3) is 2.10. The first-order valence-electron chi connectivity index (χ1n) is 6.65. The van der Waals surface area contributed by atoms with Gasteiger partial charge in [0.25, 0.3) is 5.56 Å². The van der Waals surface area contributed by atoms with Gasteiger partial charge in [0.05, 0.1) is 24.6 Å². The lowest BCUT2D eigenvalue weighted by Crippen LogP contribution is -2.21. The minimum Gasteiger partial charge on any atom is -0.493 e. The van der Waals surface area contributed by atoms with Gasteiger partial charge in [-0.05, 0) is 38.0 Å². The van der Waals surface area contributed by atoms with Crippen molar-refractivity contribution in [2.75, 3.05) is 13.7 Å². The number of nitrogens with one attached hydrogen (secondary N) is 1. The number of fused-ring (bicyclic) bond motifs is 1. The van der Waals surface area contributed by atoms with Gasteiger partial charge in [-0.1, -0.05) is 0 Å². The molecule has 0 aliphatic heterocycles. The molecule has 0 radical (unpaired) electrons. The molecule has 1 saturated carbocycles. The topological polar surface area (TPSA) is 56.2 Å². The van der Waals surface area contributed by atoms with Crippen molar-refractivity contribution in [3.8, 4) is 11.5 Å². The van der Waals surface area contributed by atoms with E-state index in [-0.39, 0.29) is 11.6 Å². The Bertz CT molecular complexity index is 774. The Kier molecular flexibility index (Phi) is 3.25. The normalized spacial score (nSPS) is 14.5. The minimum absolute atomic E-state index is 0.0603. The molecule has 20 heavy (non-hydrogen) atoms. The van der Waals surface area contributed by atoms with Crippen LogP contribution < -0.4 is 15.0 Å². The average Bonchev–Trinajstić information content (AvgIpc) is 3.24. The van der Waals surface area contributed by atoms with Crippen molar-refractivity contribution >= 4 is 23.1 Å². The third-order valence-corrected chi connectivity index (χ3v) is 3.72. The van der Waals surface area contributed by atoms with E-state index in [2.05, 4.69) is 4.98 Å². The molecule has 1 heterocycles. The minimum atomic E-state index is -0.0603. The van der Waals surface area contributed by atoms with Crippen LogP contribution in [-0.4, -0.2) is 23.3 Å². The lowest BCUT2D eigenvalue weighted by atomic mass is 10.2. The van der Waals surface area contributed by atoms with Gasteiger partial charge in [0.2, 0.25) is 0 Å². The summed E-state index contributed by atoms with van der Waals surface area (Å²) in [4.78, 5) is 15.7. The van der Waals surface area contributed by atoms with Crippen LogP contribution in [0.2, 0.25) is 0 Å². The van der Waals surface area contributed by atoms with Gasteiger partial charge in [-0.25, -0.2) is 0 Å². The molecule has 1 N–H and O–H groups in total. The van der Waals surface area contributed by atoms with Crippen LogP contribution in [0, 0.1) is 4.77 Å². The highest BCUT2D eigenvalue weighted by molar-refractivity contribution is 7.71. The Labute approximate surface area is 121 Å². The number of aromatic nitrogens is 2. The highest BCUT2D eigenvalue weighted by Gasteiger charge is 2.26. The van der Waals surface area contributed by atoms with E-state index in [1.54, 1.807) is 23.8 Å². The molecule has 6 heteroatoms. The van der Waals surface area contributed by atoms with Gasteiger partial charge >= 0.3 is 0 Å². The summed E-state index contributed by atoms with van der Waals surface area (Å²) in [7, 11) is 1.57. The molecule has 0 unspecified atom stereocenters. The SMILES string of the molecule is CCOc1cc2c(=O)n(C3CC3)c(=S)[nH]c2cc1OC. The predicted molar refractivity (Wildman–Crippen MR) is 79.4 cm³/mol. The second-order valence-electron chi connectivity index (χ2n) is 4.82. The molecular formula is C14H16N2O3S. The number of hydrogen-bond acceptors (Lipinski definition) is 4. The maximum Gasteiger partial charge on any atom is 0.262 e. The number of hydrogen-bond donors (Lipinski definition) is 1. The molecule has 1 aromatic carbocycles. The maximum atomic E-state index is 12.6. The number of benzene rings is 1. The van der Waals surface area contributed by atoms with Gasteiger partial charge in [0, 0.05) is 12.1 Å². The van der Waals surface area contributed by atoms with E-state index in [1.807, 2.05) is 6.92 Å². The number of H-pyrrole nitrogens is 1. The molecule has 1 aliphatic carbocycles. The zero-order chi connectivity index (χ0) is 14.3. The van der Waals surface area contributed by atoms with E-state index < -0.39 is 0 Å². The Morgan fingerprint density at radius 2 is 2.15 bits per heavy atom. The quantitative estimate of drug-likeness (QED) is 0.880. The van der Waals surface area contributed by atoms with Gasteiger partial charge in [0.1, 0.15) is 0 Å². The van der Waals surface area contributed by atoms with E-state index in [0.29, 0.717) is 33.8 Å². The van der Waals surface area contributed by atoms with Gasteiger partial charge in [0.15, 0.2) is 16.3 Å². The van der Waals surface area contributed by atoms with Gasteiger partial charge < -0.3 is 14.5 Å². The van der Waals surface area contributed by atoms with Crippen LogP contribution in [0.15, 0.2) is 16.9 Å². The van der Waals surface area contributed by atoms with Crippen molar-refractivity contribution in [2.24, 2.45) is 0 Å². The van der Waals surface area contributed by atoms with Crippen molar-refractivity contribution < 1.29 is 9.47 Å². The number of methoxy groups -OCH3 is 1. The fourth-order valence-electron chi connectivity index (χ4n) is 2.33. The molecule has 0 atom stereocenters. The smallest absolute Gasteiger partial charge is 0.262 e. The largest absolute Gasteiger partial charge is 0.493 e. The summed E-state index contributed by atoms with van der Waals surface area (Å²) in [5.74, 6) is 1.17. The van der Waals surface area contributed by atoms with Crippen molar-refractivity contribution in [3.05, 3.63) is 27.3 Å². The van der Waals surface area contributed by atoms with Crippen molar-refractivity contribution in [2.45, 2.75) is 25.8 Å². The molecule has 1 aliphatic rings. The average molecular weight is 292 g/mol. The Morgan fingerprint density at radius 3 is 2.75 bits per heavy atom. The lowest BCUT2D eigenvalue weighted by molar-refractivity contribution is 0.311. The Morgan fingerprint density at radius 1 is 1.40 bits per heavy atom. The molecular weight excluding hydrogens is 276 g/mol. The van der Waals surface area contributed by atoms with Crippen LogP contribution in [-0.2, 0) is 0 Å². The first kappa shape index (κ1) is 13.2. The molecule has 3 rings (SSSR count). The highest BCUT2D eigenvalue weighted by atomic mass is 32.1. The van der Waals surface area contributed by atoms with E-state index in [0.717, 1.165) is 12.8 Å². The molecule has 0 amide bonds. The third-order valence-electron chi connectivity index (χ3n) is 3.43. The molecule has 1 aromatic heterocycles. The summed E-state index contributed by atoms with van der Waals surface area (Å²) in [5.41, 5.74) is 0.618. The van der Waals surface area contributed by atoms with E-state index in [1.165, 1.54) is 0 Å². The van der Waals surface area contributed by atoms with E-state index in [9.17, 15) is 4.79 Å². The molecule has 0 saturated heterocycles. The zero-order valence-electron chi connectivity index (χ0n) is 11.4. The summed E-state index contributed by atoms with van der Waals surface area (Å²) < 4.78 is 12.9. The van der Waals surface area contributed by atoms with Crippen molar-refractivity contribution in [3.63, 3.8) is 0 Å². The summed E-state index contributed by atoms with van der Waals surface area (Å²) in [6, 6.07) is 3.73. The summed E-state index contributed by atoms with van der Waals surface area (Å²) in [6.07, 6.45) is 2.02. The van der Waals surface area contributed by atoms with Crippen LogP contribution in [0.5, 0.6) is 11.5 Å². The number of nitrogens with zero attached hydrogens (tertiary/aromatic N) is 1. The fourth-order valence-corrected chi connectivity index (χ4v) is 2.67. The highest BCUT2D eigenvalue weighted by Crippen LogP contribution is 2.35. The second kappa shape index (κ2) is 4.94. The number of rotatable bonds is 4. The summed E-state index contributed by atoms with van der Waals surface area (Å²) >= 11 is 5.28. The Balaban J connectivity index is 2.30. The van der Waals surface area contributed by atoms with Crippen LogP contribution >= 0.6 is 12.2 Å². The molecule has 1 fully saturated rings. The molecule has 5 nitrogen and oxygen atoms in total. The van der Waals surface area contributed by atoms with E-state index in [4.69, 9.17) is 21.7 Å². The first-order valence-corrected chi connectivity index (χ1v) is 7.06. The van der Waals surface area contributed by atoms with Crippen molar-refractivity contribution in [1.29, 1.82) is 0 Å². The molecule has 2 aromatic rings. The van der Waals surface area contributed by atoms with Crippen LogP contribution in [0.1, 0.15) is 25.8 Å². The van der Waals surface area contributed by atoms with Crippen molar-refractivity contribution in [1.82, 2.24) is 9.55 Å². The summed E-state index contributed by atoms with van der Waals surface area (Å²) in [6.45, 7) is 2.41. The summed E-state index contributed by atoms with van der Waals surface area (Å²) in [5, 5.41) is 0.578. The maximum absolute atomic E-state index is 12.6. The van der Waals surface area contributed by atoms with E-state index >= 15 is 0 Å². The zero-order valence-corrected chi connectivity index (χ0v) is 12.3. The number of aromatic amines is 1. The van der Waals surface area contributed by atoms with Crippen LogP contribution in [0.25, 0.3) is 10.9 Å². The molecule has 0 bridgehead atoms. The predicted octanol–water partition coefficient (Wildman–Crippen LogP) is 2.80. The van der Waals surface area contributed by atoms with Crippen LogP contribution in [0.3, 0.4) is 0 Å². The van der Waals surface area contributed by atoms with Crippen LogP contribution in [0.4, 0.5) is 0 Å². The second-order valence-corrected chi connectivity index (χ2v) is 5.20. The first-order chi connectivity index (χ1) is 9.65. The van der Waals surface area contributed by atoms with Gasteiger partial charge in [-0.3, -0.25) is 9.36 Å². The number of ether oxygens (including phenoxy) is 2. The van der Waals surface area contributed by atoms with Gasteiger partial charge in [-0.15, -0.1) is 0 Å².